The van der Waals surface area contributed by atoms with E-state index >= 15 is 0 Å². The minimum atomic E-state index is -1.37. The molecule has 170 valence electrons. The molecule has 0 saturated carbocycles. The van der Waals surface area contributed by atoms with Gasteiger partial charge in [0.1, 0.15) is 5.54 Å². The van der Waals surface area contributed by atoms with E-state index in [1.54, 1.807) is 54.6 Å². The van der Waals surface area contributed by atoms with Crippen molar-refractivity contribution >= 4 is 52.5 Å². The van der Waals surface area contributed by atoms with Gasteiger partial charge in [0.2, 0.25) is 0 Å². The highest BCUT2D eigenvalue weighted by Crippen LogP contribution is 2.29. The van der Waals surface area contributed by atoms with Crippen molar-refractivity contribution in [3.63, 3.8) is 0 Å². The lowest BCUT2D eigenvalue weighted by Crippen LogP contribution is -2.49. The summed E-state index contributed by atoms with van der Waals surface area (Å²) in [4.78, 5) is 35.7. The van der Waals surface area contributed by atoms with Gasteiger partial charge in [0.05, 0.1) is 15.7 Å². The van der Waals surface area contributed by atoms with E-state index in [0.717, 1.165) is 11.1 Å². The third-order valence-electron chi connectivity index (χ3n) is 4.78. The van der Waals surface area contributed by atoms with Gasteiger partial charge in [-0.05, 0) is 61.4 Å². The first-order valence-electron chi connectivity index (χ1n) is 9.85. The van der Waals surface area contributed by atoms with Crippen molar-refractivity contribution in [2.24, 2.45) is 0 Å². The lowest BCUT2D eigenvalue weighted by atomic mass is 10.0. The molecule has 7 nitrogen and oxygen atoms in total. The minimum absolute atomic E-state index is 0.258. The van der Waals surface area contributed by atoms with Gasteiger partial charge >= 0.3 is 12.0 Å². The molecular weight excluding hydrogens is 465 g/mol. The number of hydrogen-bond acceptors (Lipinski definition) is 3. The Labute approximate surface area is 200 Å². The molecule has 3 amide bonds. The number of carbonyl (C=O) groups excluding carboxylic acids is 2. The van der Waals surface area contributed by atoms with Gasteiger partial charge in [0.25, 0.3) is 5.91 Å². The number of urea groups is 1. The predicted molar refractivity (Wildman–Crippen MR) is 130 cm³/mol. The van der Waals surface area contributed by atoms with Crippen LogP contribution in [-0.4, -0.2) is 28.6 Å². The highest BCUT2D eigenvalue weighted by atomic mass is 35.5. The van der Waals surface area contributed by atoms with Crippen molar-refractivity contribution in [1.29, 1.82) is 0 Å². The van der Waals surface area contributed by atoms with Crippen LogP contribution in [0.2, 0.25) is 10.0 Å². The van der Waals surface area contributed by atoms with Crippen molar-refractivity contribution in [2.75, 3.05) is 10.6 Å². The molecule has 33 heavy (non-hydrogen) atoms. The van der Waals surface area contributed by atoms with E-state index in [2.05, 4.69) is 16.0 Å². The second-order valence-corrected chi connectivity index (χ2v) is 8.50. The summed E-state index contributed by atoms with van der Waals surface area (Å²) in [6.07, 6.45) is 0. The quantitative estimate of drug-likeness (QED) is 0.348. The number of halogens is 2. The fourth-order valence-electron chi connectivity index (χ4n) is 2.85. The van der Waals surface area contributed by atoms with Gasteiger partial charge in [0, 0.05) is 11.3 Å². The van der Waals surface area contributed by atoms with E-state index in [4.69, 9.17) is 28.3 Å². The molecule has 4 N–H and O–H groups in total. The summed E-state index contributed by atoms with van der Waals surface area (Å²) in [6, 6.07) is 18.4. The molecule has 0 fully saturated rings. The zero-order valence-corrected chi connectivity index (χ0v) is 19.3. The molecule has 0 saturated heterocycles. The summed E-state index contributed by atoms with van der Waals surface area (Å²) >= 11 is 12.0. The van der Waals surface area contributed by atoms with Gasteiger partial charge in [-0.15, -0.1) is 0 Å². The van der Waals surface area contributed by atoms with Gasteiger partial charge in [0.15, 0.2) is 0 Å². The second-order valence-electron chi connectivity index (χ2n) is 7.72. The topological polar surface area (TPSA) is 108 Å². The van der Waals surface area contributed by atoms with Crippen molar-refractivity contribution in [3.05, 3.63) is 82.3 Å². The molecule has 3 aromatic rings. The van der Waals surface area contributed by atoms with E-state index in [0.29, 0.717) is 22.0 Å². The lowest BCUT2D eigenvalue weighted by molar-refractivity contribution is -0.143. The largest absolute Gasteiger partial charge is 0.480 e. The Kier molecular flexibility index (Phi) is 7.26. The molecule has 0 radical (unpaired) electrons. The number of benzene rings is 3. The molecule has 0 aliphatic rings. The standard InChI is InChI=1S/C24H21Cl2N3O4/c1-24(2,22(31)32)29-21(30)16-8-6-14(7-9-16)15-10-12-17(13-11-15)27-23(33)28-19-5-3-4-18(25)20(19)26/h3-13H,1-2H3,(H,29,30)(H,31,32)(H2,27,28,33). The van der Waals surface area contributed by atoms with E-state index < -0.39 is 23.4 Å². The number of aliphatic carboxylic acids is 1. The Balaban J connectivity index is 1.64. The number of rotatable bonds is 6. The summed E-state index contributed by atoms with van der Waals surface area (Å²) < 4.78 is 0. The summed E-state index contributed by atoms with van der Waals surface area (Å²) in [7, 11) is 0. The van der Waals surface area contributed by atoms with Crippen molar-refractivity contribution in [3.8, 4) is 11.1 Å². The van der Waals surface area contributed by atoms with Gasteiger partial charge in [-0.25, -0.2) is 9.59 Å². The molecule has 0 heterocycles. The average Bonchev–Trinajstić information content (AvgIpc) is 2.77. The van der Waals surface area contributed by atoms with Gasteiger partial charge in [-0.3, -0.25) is 4.79 Å². The fraction of sp³-hybridized carbons (Fsp3) is 0.125. The van der Waals surface area contributed by atoms with E-state index in [1.807, 2.05) is 12.1 Å². The number of anilines is 2. The van der Waals surface area contributed by atoms with Crippen LogP contribution in [0.1, 0.15) is 24.2 Å². The third kappa shape index (κ3) is 6.03. The van der Waals surface area contributed by atoms with Crippen molar-refractivity contribution in [2.45, 2.75) is 19.4 Å². The molecule has 0 unspecified atom stereocenters. The van der Waals surface area contributed by atoms with Crippen LogP contribution in [0.25, 0.3) is 11.1 Å². The van der Waals surface area contributed by atoms with Crippen LogP contribution in [0, 0.1) is 0 Å². The predicted octanol–water partition coefficient (Wildman–Crippen LogP) is 5.90. The monoisotopic (exact) mass is 485 g/mol. The molecule has 0 aliphatic heterocycles. The SMILES string of the molecule is CC(C)(NC(=O)c1ccc(-c2ccc(NC(=O)Nc3cccc(Cl)c3Cl)cc2)cc1)C(=O)O. The first-order valence-corrected chi connectivity index (χ1v) is 10.6. The molecular formula is C24H21Cl2N3O4. The van der Waals surface area contributed by atoms with Crippen LogP contribution in [0.15, 0.2) is 66.7 Å². The van der Waals surface area contributed by atoms with Gasteiger partial charge in [-0.1, -0.05) is 53.5 Å². The van der Waals surface area contributed by atoms with Crippen LogP contribution in [0.5, 0.6) is 0 Å². The number of carboxylic acid groups (broad SMARTS) is 1. The maximum Gasteiger partial charge on any atom is 0.328 e. The first-order chi connectivity index (χ1) is 15.6. The number of carboxylic acids is 1. The number of nitrogens with one attached hydrogen (secondary N) is 3. The minimum Gasteiger partial charge on any atom is -0.480 e. The smallest absolute Gasteiger partial charge is 0.328 e. The van der Waals surface area contributed by atoms with E-state index in [1.165, 1.54) is 13.8 Å². The molecule has 0 aromatic heterocycles. The fourth-order valence-corrected chi connectivity index (χ4v) is 3.20. The van der Waals surface area contributed by atoms with Gasteiger partial charge < -0.3 is 21.1 Å². The average molecular weight is 486 g/mol. The number of carbonyl (C=O) groups is 3. The van der Waals surface area contributed by atoms with Gasteiger partial charge in [-0.2, -0.15) is 0 Å². The van der Waals surface area contributed by atoms with Crippen LogP contribution in [0.4, 0.5) is 16.2 Å². The maximum absolute atomic E-state index is 12.3. The van der Waals surface area contributed by atoms with Crippen LogP contribution in [-0.2, 0) is 4.79 Å². The zero-order valence-electron chi connectivity index (χ0n) is 17.8. The Morgan fingerprint density at radius 3 is 1.97 bits per heavy atom. The first kappa shape index (κ1) is 24.1. The third-order valence-corrected chi connectivity index (χ3v) is 5.60. The van der Waals surface area contributed by atoms with E-state index in [9.17, 15) is 14.4 Å². The number of amides is 3. The summed E-state index contributed by atoms with van der Waals surface area (Å²) in [6.45, 7) is 2.84. The normalized spacial score (nSPS) is 10.9. The van der Waals surface area contributed by atoms with Crippen LogP contribution >= 0.6 is 23.2 Å². The molecule has 0 atom stereocenters. The maximum atomic E-state index is 12.3. The molecule has 0 spiro atoms. The van der Waals surface area contributed by atoms with Crippen LogP contribution in [0.3, 0.4) is 0 Å². The number of hydrogen-bond donors (Lipinski definition) is 4. The second kappa shape index (κ2) is 9.94. The van der Waals surface area contributed by atoms with Crippen LogP contribution < -0.4 is 16.0 Å². The molecule has 9 heteroatoms. The Hall–Kier alpha value is -3.55. The molecule has 3 rings (SSSR count). The van der Waals surface area contributed by atoms with Crippen molar-refractivity contribution in [1.82, 2.24) is 5.32 Å². The highest BCUT2D eigenvalue weighted by molar-refractivity contribution is 6.44. The Morgan fingerprint density at radius 1 is 0.818 bits per heavy atom. The van der Waals surface area contributed by atoms with E-state index in [-0.39, 0.29) is 5.02 Å². The van der Waals surface area contributed by atoms with Crippen molar-refractivity contribution < 1.29 is 19.5 Å². The zero-order chi connectivity index (χ0) is 24.2. The summed E-state index contributed by atoms with van der Waals surface area (Å²) in [5, 5.41) is 17.6. The highest BCUT2D eigenvalue weighted by Gasteiger charge is 2.29. The Bertz CT molecular complexity index is 1190. The Morgan fingerprint density at radius 2 is 1.39 bits per heavy atom. The molecule has 0 bridgehead atoms. The molecule has 3 aromatic carbocycles. The lowest BCUT2D eigenvalue weighted by Gasteiger charge is -2.21. The summed E-state index contributed by atoms with van der Waals surface area (Å²) in [5.74, 6) is -1.59. The molecule has 0 aliphatic carbocycles. The summed E-state index contributed by atoms with van der Waals surface area (Å²) in [5.41, 5.74) is 1.67.